The number of carbonyl (C=O) groups excluding carboxylic acids is 1. The number of carbonyl (C=O) groups is 1. The highest BCUT2D eigenvalue weighted by atomic mass is 35.5. The first kappa shape index (κ1) is 17.3. The molecule has 0 saturated carbocycles. The number of anilines is 1. The van der Waals surface area contributed by atoms with E-state index in [0.717, 1.165) is 28.8 Å². The summed E-state index contributed by atoms with van der Waals surface area (Å²) in [6, 6.07) is 9.03. The molecule has 2 nitrogen and oxygen atoms in total. The predicted octanol–water partition coefficient (Wildman–Crippen LogP) is 5.16. The van der Waals surface area contributed by atoms with Gasteiger partial charge in [0.2, 0.25) is 5.91 Å². The summed E-state index contributed by atoms with van der Waals surface area (Å²) in [6.45, 7) is 3.79. The van der Waals surface area contributed by atoms with Gasteiger partial charge in [0, 0.05) is 5.69 Å². The molecule has 0 spiro atoms. The zero-order valence-electron chi connectivity index (χ0n) is 12.6. The third-order valence-electron chi connectivity index (χ3n) is 3.41. The number of rotatable bonds is 3. The Bertz CT molecular complexity index is 741. The Morgan fingerprint density at radius 1 is 1.13 bits per heavy atom. The van der Waals surface area contributed by atoms with Crippen LogP contribution in [0.15, 0.2) is 36.4 Å². The van der Waals surface area contributed by atoms with Gasteiger partial charge in [0.05, 0.1) is 17.0 Å². The van der Waals surface area contributed by atoms with Gasteiger partial charge in [-0.2, -0.15) is 13.2 Å². The second-order valence-electron chi connectivity index (χ2n) is 5.35. The van der Waals surface area contributed by atoms with E-state index in [1.54, 1.807) is 0 Å². The van der Waals surface area contributed by atoms with E-state index >= 15 is 0 Å². The predicted molar refractivity (Wildman–Crippen MR) is 84.7 cm³/mol. The average Bonchev–Trinajstić information content (AvgIpc) is 2.44. The summed E-state index contributed by atoms with van der Waals surface area (Å²) in [6.07, 6.45) is -4.47. The lowest BCUT2D eigenvalue weighted by atomic mass is 10.0. The third-order valence-corrected chi connectivity index (χ3v) is 3.74. The second kappa shape index (κ2) is 6.62. The number of amides is 1. The lowest BCUT2D eigenvalue weighted by Gasteiger charge is -2.12. The maximum absolute atomic E-state index is 12.8. The molecule has 0 radical (unpaired) electrons. The van der Waals surface area contributed by atoms with Gasteiger partial charge in [-0.3, -0.25) is 4.79 Å². The molecular formula is C17H15ClF3NO. The summed E-state index contributed by atoms with van der Waals surface area (Å²) < 4.78 is 38.4. The topological polar surface area (TPSA) is 29.1 Å². The molecule has 0 heterocycles. The standard InChI is InChI=1S/C17H15ClF3NO/c1-10-3-4-11(2)12(7-10)8-16(23)22-13-5-6-15(18)14(9-13)17(19,20)21/h3-7,9H,8H2,1-2H3,(H,22,23). The second-order valence-corrected chi connectivity index (χ2v) is 5.75. The summed E-state index contributed by atoms with van der Waals surface area (Å²) in [5.74, 6) is -0.380. The van der Waals surface area contributed by atoms with Gasteiger partial charge < -0.3 is 5.32 Å². The van der Waals surface area contributed by atoms with E-state index in [2.05, 4.69) is 5.32 Å². The van der Waals surface area contributed by atoms with Crippen molar-refractivity contribution in [3.63, 3.8) is 0 Å². The van der Waals surface area contributed by atoms with Gasteiger partial charge >= 0.3 is 6.18 Å². The molecule has 1 N–H and O–H groups in total. The Hall–Kier alpha value is -2.01. The number of benzene rings is 2. The molecule has 0 atom stereocenters. The molecule has 1 amide bonds. The van der Waals surface area contributed by atoms with Gasteiger partial charge in [-0.05, 0) is 43.2 Å². The van der Waals surface area contributed by atoms with Crippen LogP contribution >= 0.6 is 11.6 Å². The number of hydrogen-bond donors (Lipinski definition) is 1. The molecule has 2 aromatic rings. The van der Waals surface area contributed by atoms with Crippen LogP contribution in [0.5, 0.6) is 0 Å². The van der Waals surface area contributed by atoms with E-state index in [-0.39, 0.29) is 18.0 Å². The molecule has 0 aliphatic carbocycles. The van der Waals surface area contributed by atoms with Crippen LogP contribution in [0.4, 0.5) is 18.9 Å². The molecule has 2 rings (SSSR count). The van der Waals surface area contributed by atoms with Crippen LogP contribution in [-0.4, -0.2) is 5.91 Å². The summed E-state index contributed by atoms with van der Waals surface area (Å²) in [5, 5.41) is 2.08. The summed E-state index contributed by atoms with van der Waals surface area (Å²) in [7, 11) is 0. The van der Waals surface area contributed by atoms with Crippen molar-refractivity contribution >= 4 is 23.2 Å². The number of alkyl halides is 3. The van der Waals surface area contributed by atoms with Crippen LogP contribution in [0.3, 0.4) is 0 Å². The van der Waals surface area contributed by atoms with Crippen molar-refractivity contribution in [2.75, 3.05) is 5.32 Å². The first-order valence-electron chi connectivity index (χ1n) is 6.89. The van der Waals surface area contributed by atoms with E-state index in [9.17, 15) is 18.0 Å². The fourth-order valence-corrected chi connectivity index (χ4v) is 2.41. The smallest absolute Gasteiger partial charge is 0.326 e. The van der Waals surface area contributed by atoms with Gasteiger partial charge in [-0.25, -0.2) is 0 Å². The van der Waals surface area contributed by atoms with E-state index in [4.69, 9.17) is 11.6 Å². The number of nitrogens with one attached hydrogen (secondary N) is 1. The van der Waals surface area contributed by atoms with Crippen molar-refractivity contribution in [2.24, 2.45) is 0 Å². The SMILES string of the molecule is Cc1ccc(C)c(CC(=O)Nc2ccc(Cl)c(C(F)(F)F)c2)c1. The average molecular weight is 342 g/mol. The molecule has 2 aromatic carbocycles. The van der Waals surface area contributed by atoms with E-state index in [0.29, 0.717) is 0 Å². The minimum absolute atomic E-state index is 0.0667. The van der Waals surface area contributed by atoms with Gasteiger partial charge in [-0.15, -0.1) is 0 Å². The van der Waals surface area contributed by atoms with Crippen LogP contribution in [0.1, 0.15) is 22.3 Å². The first-order valence-corrected chi connectivity index (χ1v) is 7.27. The number of halogens is 4. The Kier molecular flexibility index (Phi) is 5.00. The molecule has 122 valence electrons. The van der Waals surface area contributed by atoms with E-state index < -0.39 is 16.8 Å². The van der Waals surface area contributed by atoms with Crippen molar-refractivity contribution in [1.29, 1.82) is 0 Å². The summed E-state index contributed by atoms with van der Waals surface area (Å²) >= 11 is 5.55. The van der Waals surface area contributed by atoms with Crippen molar-refractivity contribution in [3.8, 4) is 0 Å². The lowest BCUT2D eigenvalue weighted by molar-refractivity contribution is -0.137. The highest BCUT2D eigenvalue weighted by Crippen LogP contribution is 2.36. The van der Waals surface area contributed by atoms with Crippen molar-refractivity contribution in [1.82, 2.24) is 0 Å². The monoisotopic (exact) mass is 341 g/mol. The number of hydrogen-bond acceptors (Lipinski definition) is 1. The summed E-state index contributed by atoms with van der Waals surface area (Å²) in [5.41, 5.74) is 1.91. The van der Waals surface area contributed by atoms with Crippen molar-refractivity contribution < 1.29 is 18.0 Å². The minimum Gasteiger partial charge on any atom is -0.326 e. The van der Waals surface area contributed by atoms with E-state index in [1.807, 2.05) is 32.0 Å². The van der Waals surface area contributed by atoms with Gasteiger partial charge in [-0.1, -0.05) is 35.4 Å². The zero-order chi connectivity index (χ0) is 17.2. The minimum atomic E-state index is -4.56. The normalized spacial score (nSPS) is 11.4. The lowest BCUT2D eigenvalue weighted by Crippen LogP contribution is -2.16. The molecule has 0 saturated heterocycles. The molecule has 0 aliphatic heterocycles. The Morgan fingerprint density at radius 2 is 1.83 bits per heavy atom. The fourth-order valence-electron chi connectivity index (χ4n) is 2.19. The van der Waals surface area contributed by atoms with Crippen molar-refractivity contribution in [3.05, 3.63) is 63.7 Å². The Labute approximate surface area is 137 Å². The molecule has 6 heteroatoms. The number of aryl methyl sites for hydroxylation is 2. The van der Waals surface area contributed by atoms with Crippen LogP contribution in [0.25, 0.3) is 0 Å². The fraction of sp³-hybridized carbons (Fsp3) is 0.235. The van der Waals surface area contributed by atoms with Crippen LogP contribution in [0, 0.1) is 13.8 Å². The quantitative estimate of drug-likeness (QED) is 0.821. The third kappa shape index (κ3) is 4.48. The maximum Gasteiger partial charge on any atom is 0.417 e. The summed E-state index contributed by atoms with van der Waals surface area (Å²) in [4.78, 5) is 12.1. The maximum atomic E-state index is 12.8. The highest BCUT2D eigenvalue weighted by Gasteiger charge is 2.33. The Morgan fingerprint density at radius 3 is 2.48 bits per heavy atom. The van der Waals surface area contributed by atoms with Crippen LogP contribution in [-0.2, 0) is 17.4 Å². The molecule has 0 bridgehead atoms. The molecule has 0 aliphatic rings. The molecule has 0 fully saturated rings. The molecule has 0 unspecified atom stereocenters. The van der Waals surface area contributed by atoms with Gasteiger partial charge in [0.15, 0.2) is 0 Å². The Balaban J connectivity index is 2.16. The van der Waals surface area contributed by atoms with Crippen molar-refractivity contribution in [2.45, 2.75) is 26.4 Å². The van der Waals surface area contributed by atoms with E-state index in [1.165, 1.54) is 6.07 Å². The zero-order valence-corrected chi connectivity index (χ0v) is 13.3. The van der Waals surface area contributed by atoms with Gasteiger partial charge in [0.25, 0.3) is 0 Å². The molecule has 23 heavy (non-hydrogen) atoms. The van der Waals surface area contributed by atoms with Crippen LogP contribution < -0.4 is 5.32 Å². The first-order chi connectivity index (χ1) is 10.7. The van der Waals surface area contributed by atoms with Crippen LogP contribution in [0.2, 0.25) is 5.02 Å². The molecule has 0 aromatic heterocycles. The largest absolute Gasteiger partial charge is 0.417 e. The van der Waals surface area contributed by atoms with Gasteiger partial charge in [0.1, 0.15) is 0 Å². The highest BCUT2D eigenvalue weighted by molar-refractivity contribution is 6.31. The molecular weight excluding hydrogens is 327 g/mol.